The molecule has 1 spiro atoms. The van der Waals surface area contributed by atoms with Crippen LogP contribution in [0, 0.1) is 18.8 Å². The maximum Gasteiger partial charge on any atom is 0.416 e. The van der Waals surface area contributed by atoms with Gasteiger partial charge in [0, 0.05) is 18.0 Å². The minimum absolute atomic E-state index is 0.0804. The van der Waals surface area contributed by atoms with Crippen LogP contribution in [0.25, 0.3) is 0 Å². The zero-order valence-corrected chi connectivity index (χ0v) is 13.7. The van der Waals surface area contributed by atoms with Gasteiger partial charge < -0.3 is 9.47 Å². The molecule has 0 radical (unpaired) electrons. The Kier molecular flexibility index (Phi) is 2.98. The highest BCUT2D eigenvalue weighted by Gasteiger charge is 2.70. The second kappa shape index (κ2) is 4.76. The molecule has 4 saturated heterocycles. The number of fused-ring (bicyclic) bond motifs is 2. The Morgan fingerprint density at radius 3 is 2.84 bits per heavy atom. The Morgan fingerprint density at radius 1 is 1.28 bits per heavy atom. The van der Waals surface area contributed by atoms with Gasteiger partial charge in [0.15, 0.2) is 0 Å². The van der Waals surface area contributed by atoms with E-state index >= 15 is 0 Å². The average molecular weight is 353 g/mol. The number of amides is 1. The van der Waals surface area contributed by atoms with E-state index < -0.39 is 18.0 Å². The van der Waals surface area contributed by atoms with Crippen molar-refractivity contribution in [2.24, 2.45) is 11.8 Å². The molecule has 0 saturated carbocycles. The number of ether oxygens (including phenoxy) is 2. The summed E-state index contributed by atoms with van der Waals surface area (Å²) in [6, 6.07) is 4.07. The van der Waals surface area contributed by atoms with Gasteiger partial charge in [-0.1, -0.05) is 6.07 Å². The fraction of sp³-hybridized carbons (Fsp3) is 0.611. The number of benzene rings is 1. The number of aryl methyl sites for hydroxylation is 1. The molecule has 0 N–H and O–H groups in total. The topological polar surface area (TPSA) is 38.8 Å². The van der Waals surface area contributed by atoms with Gasteiger partial charge in [-0.2, -0.15) is 13.2 Å². The monoisotopic (exact) mass is 353 g/mol. The van der Waals surface area contributed by atoms with Crippen molar-refractivity contribution in [2.45, 2.75) is 50.3 Å². The molecule has 1 amide bonds. The predicted molar refractivity (Wildman–Crippen MR) is 81.8 cm³/mol. The summed E-state index contributed by atoms with van der Waals surface area (Å²) < 4.78 is 51.8. The molecule has 7 heteroatoms. The van der Waals surface area contributed by atoms with Crippen LogP contribution in [-0.4, -0.2) is 30.4 Å². The highest BCUT2D eigenvalue weighted by atomic mass is 19.4. The molecular weight excluding hydrogens is 335 g/mol. The first-order chi connectivity index (χ1) is 11.8. The van der Waals surface area contributed by atoms with E-state index in [9.17, 15) is 18.0 Å². The third-order valence-electron chi connectivity index (χ3n) is 6.34. The highest BCUT2D eigenvalue weighted by molar-refractivity contribution is 5.99. The molecule has 1 aromatic carbocycles. The van der Waals surface area contributed by atoms with Gasteiger partial charge >= 0.3 is 6.18 Å². The van der Waals surface area contributed by atoms with E-state index in [0.717, 1.165) is 25.3 Å². The second-order valence-electron chi connectivity index (χ2n) is 7.53. The van der Waals surface area contributed by atoms with Crippen molar-refractivity contribution in [3.8, 4) is 0 Å². The lowest BCUT2D eigenvalue weighted by Crippen LogP contribution is -2.51. The first kappa shape index (κ1) is 15.6. The van der Waals surface area contributed by atoms with Crippen LogP contribution in [0.15, 0.2) is 18.2 Å². The summed E-state index contributed by atoms with van der Waals surface area (Å²) in [4.78, 5) is 14.5. The number of hydrogen-bond acceptors (Lipinski definition) is 3. The molecule has 0 aromatic heterocycles. The average Bonchev–Trinajstić information content (AvgIpc) is 3.19. The Morgan fingerprint density at radius 2 is 2.08 bits per heavy atom. The van der Waals surface area contributed by atoms with Crippen LogP contribution in [0.2, 0.25) is 0 Å². The Labute approximate surface area is 142 Å². The van der Waals surface area contributed by atoms with Gasteiger partial charge in [-0.25, -0.2) is 0 Å². The van der Waals surface area contributed by atoms with Gasteiger partial charge in [-0.05, 0) is 37.5 Å². The molecule has 5 atom stereocenters. The smallest absolute Gasteiger partial charge is 0.370 e. The normalized spacial score (nSPS) is 39.2. The van der Waals surface area contributed by atoms with Crippen molar-refractivity contribution in [1.82, 2.24) is 0 Å². The Bertz CT molecular complexity index is 764. The molecule has 0 aliphatic carbocycles. The molecule has 4 heterocycles. The molecule has 4 nitrogen and oxygen atoms in total. The van der Waals surface area contributed by atoms with Crippen molar-refractivity contribution in [2.75, 3.05) is 11.5 Å². The maximum absolute atomic E-state index is 13.3. The fourth-order valence-electron chi connectivity index (χ4n) is 5.28. The minimum Gasteiger partial charge on any atom is -0.370 e. The summed E-state index contributed by atoms with van der Waals surface area (Å²) in [5.74, 6) is -0.543. The van der Waals surface area contributed by atoms with Crippen molar-refractivity contribution < 1.29 is 27.4 Å². The van der Waals surface area contributed by atoms with Gasteiger partial charge in [-0.15, -0.1) is 0 Å². The van der Waals surface area contributed by atoms with E-state index in [1.807, 2.05) is 0 Å². The van der Waals surface area contributed by atoms with E-state index in [4.69, 9.17) is 9.47 Å². The summed E-state index contributed by atoms with van der Waals surface area (Å²) in [6.45, 7) is 1.88. The lowest BCUT2D eigenvalue weighted by atomic mass is 9.70. The van der Waals surface area contributed by atoms with E-state index in [2.05, 4.69) is 0 Å². The van der Waals surface area contributed by atoms with E-state index in [1.165, 1.54) is 17.9 Å². The molecule has 134 valence electrons. The Hall–Kier alpha value is -1.60. The minimum atomic E-state index is -4.45. The number of anilines is 1. The number of halogens is 3. The van der Waals surface area contributed by atoms with Gasteiger partial charge in [0.25, 0.3) is 0 Å². The van der Waals surface area contributed by atoms with Crippen LogP contribution < -0.4 is 4.90 Å². The fourth-order valence-corrected chi connectivity index (χ4v) is 5.28. The maximum atomic E-state index is 13.3. The lowest BCUT2D eigenvalue weighted by molar-refractivity contribution is -0.138. The highest BCUT2D eigenvalue weighted by Crippen LogP contribution is 2.60. The predicted octanol–water partition coefficient (Wildman–Crippen LogP) is 3.27. The number of rotatable bonds is 1. The number of nitrogens with zero attached hydrogens (tertiary/aromatic N) is 1. The summed E-state index contributed by atoms with van der Waals surface area (Å²) >= 11 is 0. The van der Waals surface area contributed by atoms with E-state index in [0.29, 0.717) is 6.61 Å². The van der Waals surface area contributed by atoms with E-state index in [-0.39, 0.29) is 40.7 Å². The molecular formula is C18H18F3NO3. The molecule has 1 aromatic rings. The number of carbonyl (C=O) groups excluding carboxylic acids is 1. The third kappa shape index (κ3) is 1.94. The van der Waals surface area contributed by atoms with Crippen LogP contribution in [0.1, 0.15) is 30.4 Å². The van der Waals surface area contributed by atoms with Crippen LogP contribution in [0.3, 0.4) is 0 Å². The van der Waals surface area contributed by atoms with Crippen LogP contribution in [0.5, 0.6) is 0 Å². The van der Waals surface area contributed by atoms with Crippen molar-refractivity contribution >= 4 is 11.6 Å². The molecule has 25 heavy (non-hydrogen) atoms. The third-order valence-corrected chi connectivity index (χ3v) is 6.34. The summed E-state index contributed by atoms with van der Waals surface area (Å²) in [7, 11) is 0. The molecule has 0 unspecified atom stereocenters. The molecule has 4 fully saturated rings. The summed E-state index contributed by atoms with van der Waals surface area (Å²) in [5.41, 5.74) is -0.633. The van der Waals surface area contributed by atoms with Crippen LogP contribution in [-0.2, 0) is 20.4 Å². The SMILES string of the molecule is Cc1ccc(N2C(=O)[C@@H]3[C@@H]4[C@H]2OCC[C@@]42CC[C@@H]3O2)cc1C(F)(F)F. The van der Waals surface area contributed by atoms with Crippen molar-refractivity contribution in [1.29, 1.82) is 0 Å². The van der Waals surface area contributed by atoms with Gasteiger partial charge in [0.1, 0.15) is 6.23 Å². The van der Waals surface area contributed by atoms with Gasteiger partial charge in [-0.3, -0.25) is 9.69 Å². The summed E-state index contributed by atoms with van der Waals surface area (Å²) in [6.07, 6.45) is -2.60. The van der Waals surface area contributed by atoms with Crippen molar-refractivity contribution in [3.63, 3.8) is 0 Å². The molecule has 4 aliphatic heterocycles. The molecule has 5 rings (SSSR count). The Balaban J connectivity index is 1.59. The zero-order chi connectivity index (χ0) is 17.6. The van der Waals surface area contributed by atoms with Crippen LogP contribution >= 0.6 is 0 Å². The van der Waals surface area contributed by atoms with Gasteiger partial charge in [0.2, 0.25) is 5.91 Å². The second-order valence-corrected chi connectivity index (χ2v) is 7.53. The largest absolute Gasteiger partial charge is 0.416 e. The first-order valence-corrected chi connectivity index (χ1v) is 8.62. The van der Waals surface area contributed by atoms with Crippen LogP contribution in [0.4, 0.5) is 18.9 Å². The first-order valence-electron chi connectivity index (χ1n) is 8.62. The number of carbonyl (C=O) groups is 1. The van der Waals surface area contributed by atoms with E-state index in [1.54, 1.807) is 6.07 Å². The standard InChI is InChI=1S/C18H18F3NO3/c1-9-2-3-10(8-11(9)18(19,20)21)22-15(23)13-12-4-5-17(25-12)6-7-24-16(22)14(13)17/h2-3,8,12-14,16H,4-7H2,1H3/t12-,13-,14+,16+,17-/m0/s1. The quantitative estimate of drug-likeness (QED) is 0.778. The molecule has 2 bridgehead atoms. The zero-order valence-electron chi connectivity index (χ0n) is 13.7. The summed E-state index contributed by atoms with van der Waals surface area (Å²) in [5, 5.41) is 0. The number of alkyl halides is 3. The van der Waals surface area contributed by atoms with Crippen molar-refractivity contribution in [3.05, 3.63) is 29.3 Å². The molecule has 4 aliphatic rings. The lowest BCUT2D eigenvalue weighted by Gasteiger charge is -2.41. The van der Waals surface area contributed by atoms with Gasteiger partial charge in [0.05, 0.1) is 29.8 Å². The number of hydrogen-bond donors (Lipinski definition) is 0.